The molecule has 2 nitrogen and oxygen atoms in total. The van der Waals surface area contributed by atoms with Gasteiger partial charge in [-0.15, -0.1) is 0 Å². The van der Waals surface area contributed by atoms with Crippen LogP contribution in [0.5, 0.6) is 5.75 Å². The molecule has 0 atom stereocenters. The molecule has 0 aliphatic heterocycles. The van der Waals surface area contributed by atoms with Gasteiger partial charge in [-0.3, -0.25) is 0 Å². The van der Waals surface area contributed by atoms with E-state index in [1.54, 1.807) is 6.07 Å². The van der Waals surface area contributed by atoms with E-state index in [1.807, 2.05) is 0 Å². The van der Waals surface area contributed by atoms with Crippen LogP contribution in [0.25, 0.3) is 0 Å². The Labute approximate surface area is 116 Å². The SMILES string of the molecule is CC1CCC(Oc2ccc(C#N)cc2C(F)(F)F)CC1. The molecular formula is C15H16F3NO. The van der Waals surface area contributed by atoms with Gasteiger partial charge in [0.15, 0.2) is 0 Å². The van der Waals surface area contributed by atoms with Crippen LogP contribution in [0.2, 0.25) is 0 Å². The maximum Gasteiger partial charge on any atom is 0.420 e. The topological polar surface area (TPSA) is 33.0 Å². The summed E-state index contributed by atoms with van der Waals surface area (Å²) in [4.78, 5) is 0. The smallest absolute Gasteiger partial charge is 0.420 e. The fourth-order valence-electron chi connectivity index (χ4n) is 2.45. The summed E-state index contributed by atoms with van der Waals surface area (Å²) in [7, 11) is 0. The first-order chi connectivity index (χ1) is 9.40. The van der Waals surface area contributed by atoms with Gasteiger partial charge in [0.2, 0.25) is 0 Å². The molecule has 0 spiro atoms. The number of alkyl halides is 3. The third kappa shape index (κ3) is 3.44. The summed E-state index contributed by atoms with van der Waals surface area (Å²) in [6, 6.07) is 5.18. The Morgan fingerprint density at radius 1 is 1.20 bits per heavy atom. The molecule has 0 aromatic heterocycles. The van der Waals surface area contributed by atoms with Crippen molar-refractivity contribution in [2.24, 2.45) is 5.92 Å². The van der Waals surface area contributed by atoms with Crippen molar-refractivity contribution in [1.29, 1.82) is 5.26 Å². The van der Waals surface area contributed by atoms with Gasteiger partial charge in [0, 0.05) is 0 Å². The van der Waals surface area contributed by atoms with E-state index in [0.717, 1.165) is 31.7 Å². The van der Waals surface area contributed by atoms with E-state index in [2.05, 4.69) is 6.92 Å². The van der Waals surface area contributed by atoms with Gasteiger partial charge in [-0.25, -0.2) is 0 Å². The Kier molecular flexibility index (Phi) is 4.22. The van der Waals surface area contributed by atoms with Crippen LogP contribution in [0.1, 0.15) is 43.7 Å². The normalized spacial score (nSPS) is 23.1. The predicted octanol–water partition coefficient (Wildman–Crippen LogP) is 4.53. The zero-order valence-electron chi connectivity index (χ0n) is 11.2. The second-order valence-corrected chi connectivity index (χ2v) is 5.32. The molecule has 0 amide bonds. The van der Waals surface area contributed by atoms with Crippen molar-refractivity contribution >= 4 is 0 Å². The van der Waals surface area contributed by atoms with Gasteiger partial charge in [-0.05, 0) is 49.8 Å². The molecule has 0 bridgehead atoms. The number of hydrogen-bond acceptors (Lipinski definition) is 2. The van der Waals surface area contributed by atoms with Crippen LogP contribution in [-0.2, 0) is 6.18 Å². The Bertz CT molecular complexity index is 511. The van der Waals surface area contributed by atoms with E-state index >= 15 is 0 Å². The molecule has 0 radical (unpaired) electrons. The zero-order chi connectivity index (χ0) is 14.8. The predicted molar refractivity (Wildman–Crippen MR) is 68.2 cm³/mol. The third-order valence-corrected chi connectivity index (χ3v) is 3.67. The van der Waals surface area contributed by atoms with Crippen molar-refractivity contribution < 1.29 is 17.9 Å². The highest BCUT2D eigenvalue weighted by Crippen LogP contribution is 2.38. The molecular weight excluding hydrogens is 267 g/mol. The van der Waals surface area contributed by atoms with Crippen molar-refractivity contribution in [3.8, 4) is 11.8 Å². The molecule has 0 heterocycles. The molecule has 1 aromatic rings. The molecule has 0 unspecified atom stereocenters. The van der Waals surface area contributed by atoms with Crippen LogP contribution in [0, 0.1) is 17.2 Å². The minimum atomic E-state index is -4.51. The lowest BCUT2D eigenvalue weighted by Crippen LogP contribution is -2.24. The lowest BCUT2D eigenvalue weighted by molar-refractivity contribution is -0.139. The van der Waals surface area contributed by atoms with Crippen molar-refractivity contribution in [3.05, 3.63) is 29.3 Å². The summed E-state index contributed by atoms with van der Waals surface area (Å²) >= 11 is 0. The largest absolute Gasteiger partial charge is 0.490 e. The van der Waals surface area contributed by atoms with Gasteiger partial charge in [-0.1, -0.05) is 6.92 Å². The van der Waals surface area contributed by atoms with Gasteiger partial charge < -0.3 is 4.74 Å². The second-order valence-electron chi connectivity index (χ2n) is 5.32. The van der Waals surface area contributed by atoms with Gasteiger partial charge in [-0.2, -0.15) is 18.4 Å². The van der Waals surface area contributed by atoms with Crippen LogP contribution >= 0.6 is 0 Å². The average molecular weight is 283 g/mol. The first-order valence-corrected chi connectivity index (χ1v) is 6.68. The Morgan fingerprint density at radius 3 is 2.40 bits per heavy atom. The number of rotatable bonds is 2. The molecule has 108 valence electrons. The van der Waals surface area contributed by atoms with Gasteiger partial charge in [0.1, 0.15) is 5.75 Å². The van der Waals surface area contributed by atoms with Crippen LogP contribution in [0.4, 0.5) is 13.2 Å². The fourth-order valence-corrected chi connectivity index (χ4v) is 2.45. The molecule has 1 aromatic carbocycles. The van der Waals surface area contributed by atoms with E-state index in [-0.39, 0.29) is 17.4 Å². The summed E-state index contributed by atoms with van der Waals surface area (Å²) in [5.41, 5.74) is -0.878. The first kappa shape index (κ1) is 14.7. The monoisotopic (exact) mass is 283 g/mol. The Hall–Kier alpha value is -1.70. The molecule has 1 saturated carbocycles. The number of nitriles is 1. The summed E-state index contributed by atoms with van der Waals surface area (Å²) < 4.78 is 44.5. The summed E-state index contributed by atoms with van der Waals surface area (Å²) in [6.07, 6.45) is -1.17. The number of halogens is 3. The van der Waals surface area contributed by atoms with Crippen molar-refractivity contribution in [2.45, 2.75) is 44.9 Å². The maximum absolute atomic E-state index is 13.0. The van der Waals surface area contributed by atoms with Crippen LogP contribution in [-0.4, -0.2) is 6.10 Å². The van der Waals surface area contributed by atoms with Crippen molar-refractivity contribution in [2.75, 3.05) is 0 Å². The zero-order valence-corrected chi connectivity index (χ0v) is 11.2. The molecule has 1 aliphatic carbocycles. The van der Waals surface area contributed by atoms with E-state index in [4.69, 9.17) is 10.00 Å². The fraction of sp³-hybridized carbons (Fsp3) is 0.533. The van der Waals surface area contributed by atoms with E-state index in [1.165, 1.54) is 12.1 Å². The number of ether oxygens (including phenoxy) is 1. The molecule has 5 heteroatoms. The third-order valence-electron chi connectivity index (χ3n) is 3.67. The number of benzene rings is 1. The molecule has 0 saturated heterocycles. The van der Waals surface area contributed by atoms with Gasteiger partial charge >= 0.3 is 6.18 Å². The summed E-state index contributed by atoms with van der Waals surface area (Å²) in [6.45, 7) is 2.14. The lowest BCUT2D eigenvalue weighted by atomic mass is 9.89. The molecule has 20 heavy (non-hydrogen) atoms. The Morgan fingerprint density at radius 2 is 1.85 bits per heavy atom. The number of nitrogens with zero attached hydrogens (tertiary/aromatic N) is 1. The minimum absolute atomic E-state index is 0.0121. The molecule has 1 aliphatic rings. The minimum Gasteiger partial charge on any atom is -0.490 e. The van der Waals surface area contributed by atoms with Gasteiger partial charge in [0.25, 0.3) is 0 Å². The van der Waals surface area contributed by atoms with Crippen LogP contribution in [0.3, 0.4) is 0 Å². The lowest BCUT2D eigenvalue weighted by Gasteiger charge is -2.28. The van der Waals surface area contributed by atoms with E-state index < -0.39 is 11.7 Å². The van der Waals surface area contributed by atoms with Crippen LogP contribution < -0.4 is 4.74 Å². The molecule has 2 rings (SSSR count). The highest BCUT2D eigenvalue weighted by molar-refractivity contribution is 5.43. The number of hydrogen-bond donors (Lipinski definition) is 0. The highest BCUT2D eigenvalue weighted by atomic mass is 19.4. The van der Waals surface area contributed by atoms with Crippen molar-refractivity contribution in [1.82, 2.24) is 0 Å². The summed E-state index contributed by atoms with van der Waals surface area (Å²) in [5.74, 6) is 0.439. The highest BCUT2D eigenvalue weighted by Gasteiger charge is 2.35. The van der Waals surface area contributed by atoms with Crippen molar-refractivity contribution in [3.63, 3.8) is 0 Å². The second kappa shape index (κ2) is 5.74. The quantitative estimate of drug-likeness (QED) is 0.798. The van der Waals surface area contributed by atoms with E-state index in [0.29, 0.717) is 5.92 Å². The standard InChI is InChI=1S/C15H16F3NO/c1-10-2-5-12(6-3-10)20-14-7-4-11(9-19)8-13(14)15(16,17)18/h4,7-8,10,12H,2-3,5-6H2,1H3. The maximum atomic E-state index is 13.0. The molecule has 1 fully saturated rings. The van der Waals surface area contributed by atoms with Gasteiger partial charge in [0.05, 0.1) is 23.3 Å². The molecule has 0 N–H and O–H groups in total. The van der Waals surface area contributed by atoms with E-state index in [9.17, 15) is 13.2 Å². The van der Waals surface area contributed by atoms with Crippen LogP contribution in [0.15, 0.2) is 18.2 Å². The summed E-state index contributed by atoms with van der Waals surface area (Å²) in [5, 5.41) is 8.71. The average Bonchev–Trinajstić information content (AvgIpc) is 2.40. The first-order valence-electron chi connectivity index (χ1n) is 6.68. The Balaban J connectivity index is 2.21.